The fraction of sp³-hybridized carbons (Fsp3) is 0.500. The van der Waals surface area contributed by atoms with Crippen molar-refractivity contribution in [2.75, 3.05) is 26.7 Å². The number of nitrogens with zero attached hydrogens (tertiary/aromatic N) is 2. The number of hydrogen-bond acceptors (Lipinski definition) is 4. The lowest BCUT2D eigenvalue weighted by Crippen LogP contribution is -2.58. The first kappa shape index (κ1) is 19.6. The molecule has 0 radical (unpaired) electrons. The Hall–Kier alpha value is -2.77. The van der Waals surface area contributed by atoms with Crippen LogP contribution in [0.3, 0.4) is 0 Å². The van der Waals surface area contributed by atoms with Gasteiger partial charge in [0.05, 0.1) is 13.7 Å². The molecule has 2 rings (SSSR count). The van der Waals surface area contributed by atoms with Crippen LogP contribution in [0.5, 0.6) is 5.75 Å². The van der Waals surface area contributed by atoms with E-state index < -0.39 is 12.1 Å². The van der Waals surface area contributed by atoms with Crippen molar-refractivity contribution in [1.82, 2.24) is 15.1 Å². The normalized spacial score (nSPS) is 15.8. The van der Waals surface area contributed by atoms with Crippen LogP contribution >= 0.6 is 0 Å². The zero-order valence-corrected chi connectivity index (χ0v) is 15.4. The molecule has 4 amide bonds. The number of ether oxygens (including phenoxy) is 1. The van der Waals surface area contributed by atoms with Gasteiger partial charge >= 0.3 is 6.03 Å². The Labute approximate surface area is 153 Å². The van der Waals surface area contributed by atoms with Crippen LogP contribution in [0, 0.1) is 5.92 Å². The summed E-state index contributed by atoms with van der Waals surface area (Å²) in [6.45, 7) is 4.94. The second-order valence-corrected chi connectivity index (χ2v) is 6.66. The zero-order chi connectivity index (χ0) is 19.3. The predicted octanol–water partition coefficient (Wildman–Crippen LogP) is 0.559. The maximum atomic E-state index is 12.6. The van der Waals surface area contributed by atoms with Crippen LogP contribution in [0.4, 0.5) is 4.79 Å². The molecule has 1 aliphatic heterocycles. The number of benzene rings is 1. The first-order valence-electron chi connectivity index (χ1n) is 8.57. The number of hydrogen-bond donors (Lipinski definition) is 2. The van der Waals surface area contributed by atoms with Crippen molar-refractivity contribution in [3.05, 3.63) is 29.8 Å². The summed E-state index contributed by atoms with van der Waals surface area (Å²) in [7, 11) is 1.60. The molecule has 0 aliphatic carbocycles. The number of rotatable bonds is 6. The SMILES string of the molecule is COc1cccc(CN2CCN(C(=O)[C@H](NC(N)=O)C(C)C)CC2=O)c1. The summed E-state index contributed by atoms with van der Waals surface area (Å²) in [5, 5.41) is 2.46. The summed E-state index contributed by atoms with van der Waals surface area (Å²) in [4.78, 5) is 39.4. The Balaban J connectivity index is 1.99. The first-order chi connectivity index (χ1) is 12.3. The van der Waals surface area contributed by atoms with Gasteiger partial charge in [0.2, 0.25) is 11.8 Å². The molecule has 142 valence electrons. The van der Waals surface area contributed by atoms with Crippen LogP contribution in [0.2, 0.25) is 0 Å². The molecule has 1 fully saturated rings. The van der Waals surface area contributed by atoms with E-state index >= 15 is 0 Å². The van der Waals surface area contributed by atoms with Crippen molar-refractivity contribution in [3.63, 3.8) is 0 Å². The van der Waals surface area contributed by atoms with Gasteiger partial charge in [0.1, 0.15) is 11.8 Å². The third-order valence-electron chi connectivity index (χ3n) is 4.37. The van der Waals surface area contributed by atoms with E-state index in [4.69, 9.17) is 10.5 Å². The lowest BCUT2D eigenvalue weighted by Gasteiger charge is -2.36. The van der Waals surface area contributed by atoms with E-state index in [0.29, 0.717) is 19.6 Å². The second-order valence-electron chi connectivity index (χ2n) is 6.66. The summed E-state index contributed by atoms with van der Waals surface area (Å²) in [5.41, 5.74) is 6.12. The molecular formula is C18H26N4O4. The number of carbonyl (C=O) groups is 3. The Kier molecular flexibility index (Phi) is 6.43. The van der Waals surface area contributed by atoms with Crippen LogP contribution in [-0.2, 0) is 16.1 Å². The van der Waals surface area contributed by atoms with Gasteiger partial charge in [-0.2, -0.15) is 0 Å². The van der Waals surface area contributed by atoms with E-state index in [1.807, 2.05) is 38.1 Å². The van der Waals surface area contributed by atoms with Crippen molar-refractivity contribution in [2.24, 2.45) is 11.7 Å². The molecule has 1 aromatic rings. The number of amides is 4. The van der Waals surface area contributed by atoms with E-state index in [-0.39, 0.29) is 24.3 Å². The van der Waals surface area contributed by atoms with Crippen molar-refractivity contribution in [1.29, 1.82) is 0 Å². The average Bonchev–Trinajstić information content (AvgIpc) is 2.60. The van der Waals surface area contributed by atoms with Crippen molar-refractivity contribution in [2.45, 2.75) is 26.4 Å². The minimum Gasteiger partial charge on any atom is -0.497 e. The largest absolute Gasteiger partial charge is 0.497 e. The van der Waals surface area contributed by atoms with Gasteiger partial charge in [-0.1, -0.05) is 26.0 Å². The summed E-state index contributed by atoms with van der Waals surface area (Å²) in [6.07, 6.45) is 0. The summed E-state index contributed by atoms with van der Waals surface area (Å²) in [6, 6.07) is 6.06. The maximum Gasteiger partial charge on any atom is 0.312 e. The smallest absolute Gasteiger partial charge is 0.312 e. The third kappa shape index (κ3) is 4.87. The highest BCUT2D eigenvalue weighted by Crippen LogP contribution is 2.16. The molecule has 1 heterocycles. The number of piperazine rings is 1. The molecule has 26 heavy (non-hydrogen) atoms. The van der Waals surface area contributed by atoms with Crippen molar-refractivity contribution in [3.8, 4) is 5.75 Å². The number of nitrogens with one attached hydrogen (secondary N) is 1. The fourth-order valence-corrected chi connectivity index (χ4v) is 2.92. The zero-order valence-electron chi connectivity index (χ0n) is 15.4. The molecule has 0 saturated carbocycles. The highest BCUT2D eigenvalue weighted by molar-refractivity contribution is 5.91. The summed E-state index contributed by atoms with van der Waals surface area (Å²) >= 11 is 0. The van der Waals surface area contributed by atoms with Crippen LogP contribution in [0.25, 0.3) is 0 Å². The maximum absolute atomic E-state index is 12.6. The van der Waals surface area contributed by atoms with Gasteiger partial charge in [0, 0.05) is 19.6 Å². The van der Waals surface area contributed by atoms with Gasteiger partial charge in [0.25, 0.3) is 0 Å². The topological polar surface area (TPSA) is 105 Å². The van der Waals surface area contributed by atoms with Gasteiger partial charge in [-0.3, -0.25) is 9.59 Å². The molecule has 0 spiro atoms. The van der Waals surface area contributed by atoms with Crippen molar-refractivity contribution >= 4 is 17.8 Å². The highest BCUT2D eigenvalue weighted by atomic mass is 16.5. The van der Waals surface area contributed by atoms with Gasteiger partial charge in [-0.15, -0.1) is 0 Å². The number of nitrogens with two attached hydrogens (primary N) is 1. The molecule has 0 bridgehead atoms. The highest BCUT2D eigenvalue weighted by Gasteiger charge is 2.33. The van der Waals surface area contributed by atoms with E-state index in [1.54, 1.807) is 12.0 Å². The van der Waals surface area contributed by atoms with Gasteiger partial charge in [-0.25, -0.2) is 4.79 Å². The Morgan fingerprint density at radius 3 is 2.62 bits per heavy atom. The minimum absolute atomic E-state index is 0.00748. The predicted molar refractivity (Wildman–Crippen MR) is 96.3 cm³/mol. The number of urea groups is 1. The van der Waals surface area contributed by atoms with Gasteiger partial charge in [0.15, 0.2) is 0 Å². The third-order valence-corrected chi connectivity index (χ3v) is 4.37. The Morgan fingerprint density at radius 1 is 1.31 bits per heavy atom. The summed E-state index contributed by atoms with van der Waals surface area (Å²) in [5.74, 6) is 0.197. The van der Waals surface area contributed by atoms with Crippen LogP contribution in [-0.4, -0.2) is 60.4 Å². The molecule has 0 unspecified atom stereocenters. The fourth-order valence-electron chi connectivity index (χ4n) is 2.92. The minimum atomic E-state index is -0.750. The van der Waals surface area contributed by atoms with Crippen LogP contribution < -0.4 is 15.8 Å². The molecule has 1 saturated heterocycles. The van der Waals surface area contributed by atoms with E-state index in [1.165, 1.54) is 4.90 Å². The number of primary amides is 1. The second kappa shape index (κ2) is 8.55. The molecule has 1 aliphatic rings. The first-order valence-corrected chi connectivity index (χ1v) is 8.57. The van der Waals surface area contributed by atoms with Gasteiger partial charge < -0.3 is 25.6 Å². The number of methoxy groups -OCH3 is 1. The molecule has 0 aromatic heterocycles. The molecular weight excluding hydrogens is 336 g/mol. The summed E-state index contributed by atoms with van der Waals surface area (Å²) < 4.78 is 5.20. The lowest BCUT2D eigenvalue weighted by molar-refractivity contribution is -0.147. The quantitative estimate of drug-likeness (QED) is 0.771. The lowest BCUT2D eigenvalue weighted by atomic mass is 10.0. The molecule has 8 nitrogen and oxygen atoms in total. The molecule has 3 N–H and O–H groups in total. The van der Waals surface area contributed by atoms with Crippen molar-refractivity contribution < 1.29 is 19.1 Å². The van der Waals surface area contributed by atoms with Crippen LogP contribution in [0.15, 0.2) is 24.3 Å². The molecule has 1 aromatic carbocycles. The standard InChI is InChI=1S/C18H26N4O4/c1-12(2)16(20-18(19)25)17(24)22-8-7-21(15(23)11-22)10-13-5-4-6-14(9-13)26-3/h4-6,9,12,16H,7-8,10-11H2,1-3H3,(H3,19,20,25)/t16-/m1/s1. The molecule has 8 heteroatoms. The van der Waals surface area contributed by atoms with E-state index in [2.05, 4.69) is 5.32 Å². The van der Waals surface area contributed by atoms with Gasteiger partial charge in [-0.05, 0) is 23.6 Å². The Bertz CT molecular complexity index is 677. The monoisotopic (exact) mass is 362 g/mol. The Morgan fingerprint density at radius 2 is 2.04 bits per heavy atom. The number of carbonyl (C=O) groups excluding carboxylic acids is 3. The average molecular weight is 362 g/mol. The molecule has 1 atom stereocenters. The van der Waals surface area contributed by atoms with E-state index in [0.717, 1.165) is 11.3 Å². The van der Waals surface area contributed by atoms with E-state index in [9.17, 15) is 14.4 Å². The van der Waals surface area contributed by atoms with Crippen LogP contribution in [0.1, 0.15) is 19.4 Å².